The standard InChI is InChI=1S/C28H43N5O4/c1-20(2)26(34)31-23-13-11-21(12-14-23)25(29)22(18-30-24-10-8-9-17-36-24)19-32(6)15-16-33(7)27(35)37-28(3,4)5/h11-14,18,24H,1,8-10,15-17,19,29H2,2-7H3,(H,31,34). The van der Waals surface area contributed by atoms with E-state index in [2.05, 4.69) is 21.8 Å². The first kappa shape index (κ1) is 30.1. The van der Waals surface area contributed by atoms with Crippen molar-refractivity contribution in [2.24, 2.45) is 10.7 Å². The second-order valence-electron chi connectivity index (χ2n) is 10.5. The number of nitrogens with two attached hydrogens (primary N) is 1. The van der Waals surface area contributed by atoms with Crippen LogP contribution in [-0.2, 0) is 14.3 Å². The maximum atomic E-state index is 12.3. The maximum Gasteiger partial charge on any atom is 0.410 e. The van der Waals surface area contributed by atoms with Crippen LogP contribution in [0.5, 0.6) is 0 Å². The van der Waals surface area contributed by atoms with Crippen molar-refractivity contribution in [3.63, 3.8) is 0 Å². The summed E-state index contributed by atoms with van der Waals surface area (Å²) in [6.45, 7) is 13.2. The van der Waals surface area contributed by atoms with Gasteiger partial charge in [-0.25, -0.2) is 4.79 Å². The first-order valence-corrected chi connectivity index (χ1v) is 12.7. The molecule has 1 unspecified atom stereocenters. The molecular formula is C28H43N5O4. The normalized spacial score (nSPS) is 16.9. The van der Waals surface area contributed by atoms with Crippen LogP contribution < -0.4 is 11.1 Å². The van der Waals surface area contributed by atoms with Crippen molar-refractivity contribution >= 4 is 29.6 Å². The molecule has 1 aliphatic rings. The average molecular weight is 514 g/mol. The molecule has 1 heterocycles. The summed E-state index contributed by atoms with van der Waals surface area (Å²) in [6.07, 6.45) is 4.31. The van der Waals surface area contributed by atoms with Crippen molar-refractivity contribution in [1.29, 1.82) is 0 Å². The van der Waals surface area contributed by atoms with Crippen LogP contribution in [0.1, 0.15) is 52.5 Å². The molecule has 1 aromatic carbocycles. The lowest BCUT2D eigenvalue weighted by atomic mass is 10.1. The van der Waals surface area contributed by atoms with E-state index in [9.17, 15) is 9.59 Å². The molecule has 1 saturated heterocycles. The number of rotatable bonds is 10. The van der Waals surface area contributed by atoms with E-state index in [0.29, 0.717) is 43.2 Å². The zero-order chi connectivity index (χ0) is 27.6. The van der Waals surface area contributed by atoms with E-state index in [-0.39, 0.29) is 18.2 Å². The van der Waals surface area contributed by atoms with Gasteiger partial charge in [0.1, 0.15) is 11.8 Å². The third-order valence-corrected chi connectivity index (χ3v) is 5.70. The van der Waals surface area contributed by atoms with Gasteiger partial charge in [-0.3, -0.25) is 9.79 Å². The van der Waals surface area contributed by atoms with Gasteiger partial charge in [0.05, 0.1) is 0 Å². The van der Waals surface area contributed by atoms with Gasteiger partial charge < -0.3 is 30.3 Å². The minimum absolute atomic E-state index is 0.167. The molecule has 0 saturated carbocycles. The van der Waals surface area contributed by atoms with E-state index < -0.39 is 5.60 Å². The molecule has 0 radical (unpaired) electrons. The first-order chi connectivity index (χ1) is 17.4. The third-order valence-electron chi connectivity index (χ3n) is 5.70. The van der Waals surface area contributed by atoms with Crippen molar-refractivity contribution in [3.05, 3.63) is 47.6 Å². The summed E-state index contributed by atoms with van der Waals surface area (Å²) >= 11 is 0. The Hall–Kier alpha value is -3.17. The van der Waals surface area contributed by atoms with Gasteiger partial charge >= 0.3 is 6.09 Å². The van der Waals surface area contributed by atoms with Crippen LogP contribution in [0.25, 0.3) is 5.70 Å². The number of nitrogens with zero attached hydrogens (tertiary/aromatic N) is 3. The lowest BCUT2D eigenvalue weighted by Gasteiger charge is -2.26. The summed E-state index contributed by atoms with van der Waals surface area (Å²) in [5, 5.41) is 2.80. The first-order valence-electron chi connectivity index (χ1n) is 12.7. The number of carbonyl (C=O) groups is 2. The fourth-order valence-electron chi connectivity index (χ4n) is 3.49. The molecule has 2 rings (SSSR count). The maximum absolute atomic E-state index is 12.3. The smallest absolute Gasteiger partial charge is 0.410 e. The second kappa shape index (κ2) is 13.9. The fraction of sp³-hybridized carbons (Fsp3) is 0.536. The summed E-state index contributed by atoms with van der Waals surface area (Å²) in [6, 6.07) is 7.35. The molecule has 1 atom stereocenters. The number of benzene rings is 1. The summed E-state index contributed by atoms with van der Waals surface area (Å²) in [4.78, 5) is 32.5. The van der Waals surface area contributed by atoms with E-state index in [4.69, 9.17) is 15.2 Å². The third kappa shape index (κ3) is 10.8. The minimum Gasteiger partial charge on any atom is -0.444 e. The predicted molar refractivity (Wildman–Crippen MR) is 149 cm³/mol. The highest BCUT2D eigenvalue weighted by atomic mass is 16.6. The molecule has 1 aliphatic heterocycles. The Morgan fingerprint density at radius 1 is 1.22 bits per heavy atom. The number of nitrogens with one attached hydrogen (secondary N) is 1. The molecule has 9 nitrogen and oxygen atoms in total. The summed E-state index contributed by atoms with van der Waals surface area (Å²) in [7, 11) is 3.69. The predicted octanol–water partition coefficient (Wildman–Crippen LogP) is 4.27. The molecule has 0 spiro atoms. The highest BCUT2D eigenvalue weighted by Gasteiger charge is 2.20. The van der Waals surface area contributed by atoms with Gasteiger partial charge in [0.15, 0.2) is 0 Å². The molecule has 9 heteroatoms. The number of hydrogen-bond acceptors (Lipinski definition) is 7. The summed E-state index contributed by atoms with van der Waals surface area (Å²) < 4.78 is 11.2. The number of likely N-dealkylation sites (N-methyl/N-ethyl adjacent to an activating group) is 2. The molecule has 3 N–H and O–H groups in total. The second-order valence-corrected chi connectivity index (χ2v) is 10.5. The van der Waals surface area contributed by atoms with Gasteiger partial charge in [0.2, 0.25) is 0 Å². The van der Waals surface area contributed by atoms with Crippen molar-refractivity contribution in [2.45, 2.75) is 58.8 Å². The van der Waals surface area contributed by atoms with E-state index >= 15 is 0 Å². The van der Waals surface area contributed by atoms with E-state index in [1.54, 1.807) is 25.1 Å². The molecule has 0 aliphatic carbocycles. The number of aliphatic imine (C=N–C) groups is 1. The van der Waals surface area contributed by atoms with Gasteiger partial charge in [-0.15, -0.1) is 0 Å². The van der Waals surface area contributed by atoms with Crippen molar-refractivity contribution in [1.82, 2.24) is 9.80 Å². The molecule has 37 heavy (non-hydrogen) atoms. The van der Waals surface area contributed by atoms with Gasteiger partial charge in [-0.05, 0) is 71.7 Å². The van der Waals surface area contributed by atoms with Crippen LogP contribution in [0, 0.1) is 0 Å². The topological polar surface area (TPSA) is 109 Å². The highest BCUT2D eigenvalue weighted by molar-refractivity contribution is 6.02. The average Bonchev–Trinajstić information content (AvgIpc) is 2.84. The molecular weight excluding hydrogens is 470 g/mol. The van der Waals surface area contributed by atoms with Gasteiger partial charge in [0, 0.05) is 62.0 Å². The van der Waals surface area contributed by atoms with Crippen molar-refractivity contribution in [3.8, 4) is 0 Å². The number of anilines is 1. The summed E-state index contributed by atoms with van der Waals surface area (Å²) in [5.74, 6) is -0.227. The van der Waals surface area contributed by atoms with E-state index in [0.717, 1.165) is 30.4 Å². The van der Waals surface area contributed by atoms with Gasteiger partial charge in [-0.2, -0.15) is 0 Å². The largest absolute Gasteiger partial charge is 0.444 e. The molecule has 1 aromatic rings. The van der Waals surface area contributed by atoms with Crippen molar-refractivity contribution in [2.75, 3.05) is 45.7 Å². The summed E-state index contributed by atoms with van der Waals surface area (Å²) in [5.41, 5.74) is 9.42. The molecule has 2 amide bonds. The SMILES string of the molecule is C=C(C)C(=O)Nc1ccc(C(N)=C(C=NC2CCCCO2)CN(C)CCN(C)C(=O)OC(C)(C)C)cc1. The van der Waals surface area contributed by atoms with Crippen LogP contribution in [0.4, 0.5) is 10.5 Å². The van der Waals surface area contributed by atoms with E-state index in [1.165, 1.54) is 0 Å². The molecule has 0 bridgehead atoms. The minimum atomic E-state index is -0.540. The van der Waals surface area contributed by atoms with Gasteiger partial charge in [-0.1, -0.05) is 18.7 Å². The number of ether oxygens (including phenoxy) is 2. The lowest BCUT2D eigenvalue weighted by Crippen LogP contribution is -2.39. The number of carbonyl (C=O) groups excluding carboxylic acids is 2. The number of amides is 2. The Bertz CT molecular complexity index is 989. The Morgan fingerprint density at radius 2 is 1.89 bits per heavy atom. The Kier molecular flexibility index (Phi) is 11.3. The van der Waals surface area contributed by atoms with Crippen LogP contribution in [0.15, 0.2) is 47.0 Å². The zero-order valence-electron chi connectivity index (χ0n) is 23.2. The van der Waals surface area contributed by atoms with Crippen LogP contribution in [0.2, 0.25) is 0 Å². The quantitative estimate of drug-likeness (QED) is 0.357. The monoisotopic (exact) mass is 513 g/mol. The van der Waals surface area contributed by atoms with Crippen LogP contribution in [0.3, 0.4) is 0 Å². The lowest BCUT2D eigenvalue weighted by molar-refractivity contribution is -0.112. The number of hydrogen-bond donors (Lipinski definition) is 2. The Morgan fingerprint density at radius 3 is 2.46 bits per heavy atom. The van der Waals surface area contributed by atoms with Crippen LogP contribution >= 0.6 is 0 Å². The zero-order valence-corrected chi connectivity index (χ0v) is 23.2. The van der Waals surface area contributed by atoms with E-state index in [1.807, 2.05) is 52.1 Å². The molecule has 204 valence electrons. The Balaban J connectivity index is 2.15. The van der Waals surface area contributed by atoms with Crippen molar-refractivity contribution < 1.29 is 19.1 Å². The Labute approximate surface area is 221 Å². The fourth-order valence-corrected chi connectivity index (χ4v) is 3.49. The van der Waals surface area contributed by atoms with Crippen LogP contribution in [-0.4, -0.2) is 80.2 Å². The molecule has 1 fully saturated rings. The molecule has 0 aromatic heterocycles. The van der Waals surface area contributed by atoms with Gasteiger partial charge in [0.25, 0.3) is 5.91 Å². The highest BCUT2D eigenvalue weighted by Crippen LogP contribution is 2.19.